The highest BCUT2D eigenvalue weighted by atomic mass is 15.5. The second kappa shape index (κ2) is 6.04. The summed E-state index contributed by atoms with van der Waals surface area (Å²) in [5.41, 5.74) is 1.09. The van der Waals surface area contributed by atoms with Crippen LogP contribution in [-0.4, -0.2) is 32.5 Å². The van der Waals surface area contributed by atoms with E-state index < -0.39 is 0 Å². The van der Waals surface area contributed by atoms with Crippen molar-refractivity contribution in [3.63, 3.8) is 0 Å². The van der Waals surface area contributed by atoms with E-state index in [1.54, 1.807) is 11.0 Å². The van der Waals surface area contributed by atoms with Crippen LogP contribution < -0.4 is 0 Å². The zero-order chi connectivity index (χ0) is 12.0. The Bertz CT molecular complexity index is 350. The standard InChI is InChI=1S/C5H9N3.C4H8N4/c1-4(2)5-3-6-8-7-5;1-4(2)8-3-5-6-7-8/h4H,3H2,1-2H3;3-4H,1-2H3. The third-order valence-electron chi connectivity index (χ3n) is 2.03. The molecule has 0 N–H and O–H groups in total. The zero-order valence-electron chi connectivity index (χ0n) is 10.1. The Balaban J connectivity index is 0.000000160. The molecule has 0 radical (unpaired) electrons. The number of hydrogen-bond donors (Lipinski definition) is 0. The summed E-state index contributed by atoms with van der Waals surface area (Å²) < 4.78 is 1.69. The van der Waals surface area contributed by atoms with E-state index in [0.29, 0.717) is 18.5 Å². The van der Waals surface area contributed by atoms with Gasteiger partial charge in [0.25, 0.3) is 0 Å². The molecule has 0 amide bonds. The largest absolute Gasteiger partial charge is 0.230 e. The van der Waals surface area contributed by atoms with Crippen LogP contribution in [0.2, 0.25) is 0 Å². The molecule has 2 rings (SSSR count). The van der Waals surface area contributed by atoms with Gasteiger partial charge in [0.2, 0.25) is 0 Å². The number of aromatic nitrogens is 4. The van der Waals surface area contributed by atoms with E-state index in [0.717, 1.165) is 5.71 Å². The maximum absolute atomic E-state index is 3.81. The van der Waals surface area contributed by atoms with Gasteiger partial charge in [-0.25, -0.2) is 4.68 Å². The van der Waals surface area contributed by atoms with Crippen molar-refractivity contribution >= 4 is 5.71 Å². The van der Waals surface area contributed by atoms with Gasteiger partial charge in [-0.05, 0) is 35.4 Å². The summed E-state index contributed by atoms with van der Waals surface area (Å²) >= 11 is 0. The second-order valence-electron chi connectivity index (χ2n) is 4.02. The van der Waals surface area contributed by atoms with Gasteiger partial charge in [-0.1, -0.05) is 13.8 Å². The lowest BCUT2D eigenvalue weighted by atomic mass is 10.1. The fourth-order valence-corrected chi connectivity index (χ4v) is 0.928. The average molecular weight is 223 g/mol. The lowest BCUT2D eigenvalue weighted by Crippen LogP contribution is -2.07. The third-order valence-corrected chi connectivity index (χ3v) is 2.03. The fourth-order valence-electron chi connectivity index (χ4n) is 0.928. The predicted octanol–water partition coefficient (Wildman–Crippen LogP) is 1.72. The van der Waals surface area contributed by atoms with Crippen LogP contribution in [-0.2, 0) is 0 Å². The summed E-state index contributed by atoms with van der Waals surface area (Å²) in [5, 5.41) is 21.6. The molecule has 0 saturated heterocycles. The molecule has 7 heteroatoms. The van der Waals surface area contributed by atoms with Crippen molar-refractivity contribution in [2.24, 2.45) is 21.4 Å². The first-order valence-corrected chi connectivity index (χ1v) is 5.27. The van der Waals surface area contributed by atoms with E-state index >= 15 is 0 Å². The van der Waals surface area contributed by atoms with Crippen LogP contribution >= 0.6 is 0 Å². The molecule has 1 aromatic rings. The number of tetrazole rings is 1. The van der Waals surface area contributed by atoms with Crippen molar-refractivity contribution in [3.8, 4) is 0 Å². The van der Waals surface area contributed by atoms with Gasteiger partial charge in [0.15, 0.2) is 0 Å². The summed E-state index contributed by atoms with van der Waals surface area (Å²) in [6.07, 6.45) is 1.60. The maximum atomic E-state index is 3.81. The minimum atomic E-state index is 0.366. The highest BCUT2D eigenvalue weighted by Gasteiger charge is 2.06. The summed E-state index contributed by atoms with van der Waals surface area (Å²) in [5.74, 6) is 0.505. The number of nitrogens with zero attached hydrogens (tertiary/aromatic N) is 7. The lowest BCUT2D eigenvalue weighted by molar-refractivity contribution is 0.514. The summed E-state index contributed by atoms with van der Waals surface area (Å²) in [6, 6.07) is 0.366. The van der Waals surface area contributed by atoms with Gasteiger partial charge in [0.1, 0.15) is 12.9 Å². The quantitative estimate of drug-likeness (QED) is 0.765. The molecule has 88 valence electrons. The number of rotatable bonds is 2. The number of hydrogen-bond acceptors (Lipinski definition) is 6. The van der Waals surface area contributed by atoms with Crippen LogP contribution in [0.5, 0.6) is 0 Å². The Labute approximate surface area is 94.6 Å². The summed E-state index contributed by atoms with van der Waals surface area (Å²) in [6.45, 7) is 8.94. The Morgan fingerprint density at radius 3 is 2.25 bits per heavy atom. The Hall–Kier alpha value is -1.66. The monoisotopic (exact) mass is 223 g/mol. The molecule has 7 nitrogen and oxygen atoms in total. The van der Waals surface area contributed by atoms with Crippen molar-refractivity contribution < 1.29 is 0 Å². The topological polar surface area (TPSA) is 80.7 Å². The molecule has 0 aliphatic carbocycles. The van der Waals surface area contributed by atoms with Crippen LogP contribution in [0.1, 0.15) is 33.7 Å². The molecule has 0 atom stereocenters. The van der Waals surface area contributed by atoms with Crippen molar-refractivity contribution in [1.29, 1.82) is 0 Å². The molecule has 1 aliphatic heterocycles. The highest BCUT2D eigenvalue weighted by molar-refractivity contribution is 5.88. The molecule has 1 aromatic heterocycles. The molecule has 2 heterocycles. The Morgan fingerprint density at radius 1 is 1.25 bits per heavy atom. The zero-order valence-corrected chi connectivity index (χ0v) is 10.1. The van der Waals surface area contributed by atoms with Gasteiger partial charge < -0.3 is 0 Å². The van der Waals surface area contributed by atoms with Crippen LogP contribution in [0.3, 0.4) is 0 Å². The molecular formula is C9H17N7. The van der Waals surface area contributed by atoms with Gasteiger partial charge in [-0.3, -0.25) is 0 Å². The van der Waals surface area contributed by atoms with Gasteiger partial charge in [-0.2, -0.15) is 5.11 Å². The van der Waals surface area contributed by atoms with E-state index in [2.05, 4.69) is 44.8 Å². The first-order chi connectivity index (χ1) is 7.61. The minimum Gasteiger partial charge on any atom is -0.230 e. The normalized spacial score (nSPS) is 14.0. The first-order valence-electron chi connectivity index (χ1n) is 5.27. The van der Waals surface area contributed by atoms with E-state index in [4.69, 9.17) is 0 Å². The van der Waals surface area contributed by atoms with Crippen molar-refractivity contribution in [2.45, 2.75) is 33.7 Å². The summed E-state index contributed by atoms with van der Waals surface area (Å²) in [7, 11) is 0. The van der Waals surface area contributed by atoms with Crippen LogP contribution in [0.25, 0.3) is 0 Å². The molecule has 1 aliphatic rings. The van der Waals surface area contributed by atoms with E-state index in [1.807, 2.05) is 13.8 Å². The van der Waals surface area contributed by atoms with Crippen LogP contribution in [0, 0.1) is 5.92 Å². The van der Waals surface area contributed by atoms with Gasteiger partial charge in [-0.15, -0.1) is 10.2 Å². The first kappa shape index (κ1) is 12.4. The van der Waals surface area contributed by atoms with Crippen LogP contribution in [0.4, 0.5) is 0 Å². The van der Waals surface area contributed by atoms with E-state index in [-0.39, 0.29) is 0 Å². The minimum absolute atomic E-state index is 0.366. The Kier molecular flexibility index (Phi) is 4.68. The van der Waals surface area contributed by atoms with E-state index in [1.165, 1.54) is 0 Å². The van der Waals surface area contributed by atoms with E-state index in [9.17, 15) is 0 Å². The highest BCUT2D eigenvalue weighted by Crippen LogP contribution is 2.03. The van der Waals surface area contributed by atoms with Gasteiger partial charge in [0.05, 0.1) is 5.71 Å². The second-order valence-corrected chi connectivity index (χ2v) is 4.02. The molecule has 16 heavy (non-hydrogen) atoms. The maximum Gasteiger partial charge on any atom is 0.138 e. The third kappa shape index (κ3) is 3.84. The van der Waals surface area contributed by atoms with Crippen LogP contribution in [0.15, 0.2) is 21.8 Å². The lowest BCUT2D eigenvalue weighted by Gasteiger charge is -1.98. The van der Waals surface area contributed by atoms with Crippen molar-refractivity contribution in [1.82, 2.24) is 20.2 Å². The van der Waals surface area contributed by atoms with Crippen molar-refractivity contribution in [2.75, 3.05) is 6.54 Å². The molecule has 0 unspecified atom stereocenters. The Morgan fingerprint density at radius 2 is 2.00 bits per heavy atom. The fraction of sp³-hybridized carbons (Fsp3) is 0.778. The smallest absolute Gasteiger partial charge is 0.138 e. The molecule has 0 saturated carbocycles. The average Bonchev–Trinajstić information content (AvgIpc) is 2.93. The molecular weight excluding hydrogens is 206 g/mol. The van der Waals surface area contributed by atoms with Gasteiger partial charge in [0, 0.05) is 6.04 Å². The molecule has 0 bridgehead atoms. The summed E-state index contributed by atoms with van der Waals surface area (Å²) in [4.78, 5) is 0. The predicted molar refractivity (Wildman–Crippen MR) is 60.2 cm³/mol. The molecule has 0 spiro atoms. The van der Waals surface area contributed by atoms with Crippen molar-refractivity contribution in [3.05, 3.63) is 6.33 Å². The molecule has 0 fully saturated rings. The SMILES string of the molecule is CC(C)C1=NN=NC1.CC(C)n1cnnn1. The van der Waals surface area contributed by atoms with Gasteiger partial charge >= 0.3 is 0 Å². The molecule has 0 aromatic carbocycles.